The third-order valence-corrected chi connectivity index (χ3v) is 28.0. The van der Waals surface area contributed by atoms with Crippen molar-refractivity contribution in [3.63, 3.8) is 0 Å². The van der Waals surface area contributed by atoms with Crippen LogP contribution in [0.4, 0.5) is 0 Å². The van der Waals surface area contributed by atoms with Crippen LogP contribution in [-0.2, 0) is 0 Å². The first-order valence-corrected chi connectivity index (χ1v) is 35.7. The quantitative estimate of drug-likeness (QED) is 0.107. The van der Waals surface area contributed by atoms with E-state index < -0.39 is 36.8 Å². The number of hydrogen-bond acceptors (Lipinski definition) is 7. The van der Waals surface area contributed by atoms with E-state index in [0.717, 1.165) is 59.3 Å². The summed E-state index contributed by atoms with van der Waals surface area (Å²) in [6.07, 6.45) is 4.19. The molecule has 0 spiro atoms. The van der Waals surface area contributed by atoms with E-state index in [-0.39, 0.29) is 0 Å². The molecule has 4 aromatic rings. The molecule has 0 aliphatic rings. The SMILES string of the molecule is CCCCOc1c(OCCCC)c(-c2cc[c]([Sn]([CH3])([CH3])[CH3])s2)c2nsnc2c1-c1cc[c]([Sn]([CH3])([CH3])[CH3])s1. The second-order valence-corrected chi connectivity index (χ2v) is 45.1. The van der Waals surface area contributed by atoms with E-state index in [4.69, 9.17) is 18.2 Å². The maximum absolute atomic E-state index is 6.66. The molecule has 200 valence electrons. The molecular formula is C28H40N2O2S3Sn2. The number of thiophene rings is 2. The number of benzene rings is 1. The van der Waals surface area contributed by atoms with Crippen molar-refractivity contribution in [2.75, 3.05) is 13.2 Å². The van der Waals surface area contributed by atoms with Gasteiger partial charge in [-0.15, -0.1) is 0 Å². The Bertz CT molecular complexity index is 1250. The van der Waals surface area contributed by atoms with Crippen molar-refractivity contribution >= 4 is 88.0 Å². The average Bonchev–Trinajstić information content (AvgIpc) is 3.58. The van der Waals surface area contributed by atoms with Gasteiger partial charge in [-0.2, -0.15) is 0 Å². The topological polar surface area (TPSA) is 44.2 Å². The van der Waals surface area contributed by atoms with Crippen LogP contribution in [0.1, 0.15) is 39.5 Å². The van der Waals surface area contributed by atoms with Crippen LogP contribution >= 0.6 is 34.4 Å². The van der Waals surface area contributed by atoms with Crippen LogP contribution in [0.5, 0.6) is 11.5 Å². The molecule has 3 aromatic heterocycles. The van der Waals surface area contributed by atoms with Gasteiger partial charge >= 0.3 is 245 Å². The van der Waals surface area contributed by atoms with Crippen molar-refractivity contribution in [2.45, 2.75) is 69.2 Å². The van der Waals surface area contributed by atoms with Gasteiger partial charge in [0.25, 0.3) is 0 Å². The standard InChI is InChI=1S/C22H22N2O2S3.6CH3.2Sn/c1-3-5-11-25-21-17(15-9-7-13-27-15)19-20(24-29-23-19)18(16-10-8-14-28-16)22(21)26-12-6-4-2;;;;;;;;/h7-10H,3-6,11-12H2,1-2H3;6*1H3;;. The van der Waals surface area contributed by atoms with Crippen molar-refractivity contribution < 1.29 is 9.47 Å². The zero-order valence-electron chi connectivity index (χ0n) is 23.5. The van der Waals surface area contributed by atoms with Gasteiger partial charge < -0.3 is 0 Å². The first-order valence-electron chi connectivity index (χ1n) is 13.4. The summed E-state index contributed by atoms with van der Waals surface area (Å²) in [6, 6.07) is 9.22. The maximum atomic E-state index is 6.66. The average molecular weight is 770 g/mol. The second kappa shape index (κ2) is 12.4. The summed E-state index contributed by atoms with van der Waals surface area (Å²) in [7, 11) is 0. The monoisotopic (exact) mass is 772 g/mol. The van der Waals surface area contributed by atoms with E-state index in [2.05, 4.69) is 67.8 Å². The number of rotatable bonds is 12. The summed E-state index contributed by atoms with van der Waals surface area (Å²) in [4.78, 5) is 17.3. The molecular weight excluding hydrogens is 730 g/mol. The minimum atomic E-state index is -2.22. The molecule has 3 heterocycles. The molecule has 0 aliphatic carbocycles. The first-order chi connectivity index (χ1) is 17.6. The fourth-order valence-electron chi connectivity index (χ4n) is 4.08. The molecule has 4 nitrogen and oxygen atoms in total. The number of ether oxygens (including phenoxy) is 2. The predicted octanol–water partition coefficient (Wildman–Crippen LogP) is 8.60. The number of hydrogen-bond donors (Lipinski definition) is 0. The van der Waals surface area contributed by atoms with Gasteiger partial charge in [0.05, 0.1) is 0 Å². The number of nitrogens with zero attached hydrogens (tertiary/aromatic N) is 2. The van der Waals surface area contributed by atoms with E-state index in [1.807, 2.05) is 22.7 Å². The molecule has 0 unspecified atom stereocenters. The molecule has 0 amide bonds. The summed E-state index contributed by atoms with van der Waals surface area (Å²) in [6.45, 7) is 5.74. The van der Waals surface area contributed by atoms with Crippen molar-refractivity contribution in [2.24, 2.45) is 0 Å². The Morgan fingerprint density at radius 2 is 1.05 bits per heavy atom. The van der Waals surface area contributed by atoms with Gasteiger partial charge in [-0.05, 0) is 0 Å². The van der Waals surface area contributed by atoms with Gasteiger partial charge in [0.15, 0.2) is 0 Å². The summed E-state index contributed by atoms with van der Waals surface area (Å²) in [5.74, 6) is 1.71. The van der Waals surface area contributed by atoms with Crippen LogP contribution in [0.15, 0.2) is 24.3 Å². The predicted molar refractivity (Wildman–Crippen MR) is 171 cm³/mol. The van der Waals surface area contributed by atoms with Crippen molar-refractivity contribution in [1.82, 2.24) is 8.75 Å². The Hall–Kier alpha value is -0.363. The Morgan fingerprint density at radius 1 is 0.649 bits per heavy atom. The van der Waals surface area contributed by atoms with E-state index in [1.54, 1.807) is 5.79 Å². The van der Waals surface area contributed by atoms with Crippen LogP contribution < -0.4 is 15.3 Å². The molecule has 1 aromatic carbocycles. The van der Waals surface area contributed by atoms with Crippen LogP contribution in [0.2, 0.25) is 29.6 Å². The molecule has 0 aliphatic heterocycles. The summed E-state index contributed by atoms with van der Waals surface area (Å²) in [5.41, 5.74) is 4.02. The molecule has 37 heavy (non-hydrogen) atoms. The molecule has 0 saturated carbocycles. The molecule has 0 saturated heterocycles. The van der Waals surface area contributed by atoms with Gasteiger partial charge in [-0.1, -0.05) is 0 Å². The van der Waals surface area contributed by atoms with Crippen molar-refractivity contribution in [3.05, 3.63) is 24.3 Å². The van der Waals surface area contributed by atoms with Gasteiger partial charge in [0.2, 0.25) is 0 Å². The Balaban J connectivity index is 2.01. The van der Waals surface area contributed by atoms with Crippen molar-refractivity contribution in [1.29, 1.82) is 0 Å². The minimum absolute atomic E-state index is 0.668. The van der Waals surface area contributed by atoms with Gasteiger partial charge in [-0.3, -0.25) is 0 Å². The van der Waals surface area contributed by atoms with E-state index in [0.29, 0.717) is 13.2 Å². The van der Waals surface area contributed by atoms with Crippen molar-refractivity contribution in [3.8, 4) is 32.4 Å². The Morgan fingerprint density at radius 3 is 1.38 bits per heavy atom. The zero-order chi connectivity index (χ0) is 26.8. The van der Waals surface area contributed by atoms with Crippen LogP contribution in [0.25, 0.3) is 31.9 Å². The summed E-state index contributed by atoms with van der Waals surface area (Å²) in [5, 5.41) is 0. The summed E-state index contributed by atoms with van der Waals surface area (Å²) >= 11 is 0.679. The van der Waals surface area contributed by atoms with E-state index in [1.165, 1.54) is 21.5 Å². The third kappa shape index (κ3) is 6.69. The molecule has 0 atom stereocenters. The number of unbranched alkanes of at least 4 members (excludes halogenated alkanes) is 2. The van der Waals surface area contributed by atoms with Crippen LogP contribution in [-0.4, -0.2) is 58.7 Å². The number of fused-ring (bicyclic) bond motifs is 1. The molecule has 0 N–H and O–H groups in total. The molecule has 4 rings (SSSR count). The van der Waals surface area contributed by atoms with Crippen LogP contribution in [0, 0.1) is 0 Å². The molecule has 0 radical (unpaired) electrons. The van der Waals surface area contributed by atoms with Gasteiger partial charge in [-0.25, -0.2) is 0 Å². The molecule has 0 bridgehead atoms. The Kier molecular flexibility index (Phi) is 9.95. The second-order valence-electron chi connectivity index (χ2n) is 11.6. The third-order valence-electron chi connectivity index (χ3n) is 6.29. The number of aromatic nitrogens is 2. The van der Waals surface area contributed by atoms with E-state index in [9.17, 15) is 0 Å². The fraction of sp³-hybridized carbons (Fsp3) is 0.500. The zero-order valence-corrected chi connectivity index (χ0v) is 31.6. The van der Waals surface area contributed by atoms with Gasteiger partial charge in [0, 0.05) is 0 Å². The molecule has 0 fully saturated rings. The summed E-state index contributed by atoms with van der Waals surface area (Å²) < 4.78 is 26.2. The normalized spacial score (nSPS) is 12.4. The van der Waals surface area contributed by atoms with E-state index >= 15 is 0 Å². The first kappa shape index (κ1) is 29.6. The van der Waals surface area contributed by atoms with Crippen LogP contribution in [0.3, 0.4) is 0 Å². The fourth-order valence-corrected chi connectivity index (χ4v) is 17.3. The Labute approximate surface area is 242 Å². The van der Waals surface area contributed by atoms with Gasteiger partial charge in [0.1, 0.15) is 0 Å². The molecule has 9 heteroatoms.